The second-order valence-corrected chi connectivity index (χ2v) is 4.33. The van der Waals surface area contributed by atoms with Crippen LogP contribution in [0.4, 0.5) is 4.39 Å². The lowest BCUT2D eigenvalue weighted by Crippen LogP contribution is -2.36. The minimum atomic E-state index is -0.818. The topological polar surface area (TPSA) is 57.6 Å². The maximum absolute atomic E-state index is 13.9. The Morgan fingerprint density at radius 1 is 1.29 bits per heavy atom. The number of benzene rings is 1. The molecule has 1 N–H and O–H groups in total. The van der Waals surface area contributed by atoms with Crippen molar-refractivity contribution in [1.82, 2.24) is 4.90 Å². The van der Waals surface area contributed by atoms with Crippen LogP contribution in [0.3, 0.4) is 0 Å². The van der Waals surface area contributed by atoms with Gasteiger partial charge in [0, 0.05) is 11.6 Å². The Labute approximate surface area is 97.7 Å². The number of nitrogens with zero attached hydrogens (tertiary/aromatic N) is 1. The number of amides is 2. The van der Waals surface area contributed by atoms with E-state index in [9.17, 15) is 19.1 Å². The highest BCUT2D eigenvalue weighted by molar-refractivity contribution is 6.22. The van der Waals surface area contributed by atoms with Gasteiger partial charge >= 0.3 is 0 Å². The molecule has 1 aromatic carbocycles. The molecule has 1 aliphatic heterocycles. The summed E-state index contributed by atoms with van der Waals surface area (Å²) >= 11 is 0. The third-order valence-corrected chi connectivity index (χ3v) is 2.88. The monoisotopic (exact) mass is 237 g/mol. The van der Waals surface area contributed by atoms with Crippen LogP contribution < -0.4 is 0 Å². The molecule has 0 unspecified atom stereocenters. The van der Waals surface area contributed by atoms with E-state index >= 15 is 0 Å². The summed E-state index contributed by atoms with van der Waals surface area (Å²) in [6, 6.07) is 0.806. The molecule has 0 aromatic heterocycles. The van der Waals surface area contributed by atoms with Crippen molar-refractivity contribution in [2.45, 2.75) is 26.8 Å². The summed E-state index contributed by atoms with van der Waals surface area (Å²) < 4.78 is 13.9. The summed E-state index contributed by atoms with van der Waals surface area (Å²) in [5.74, 6) is -2.33. The molecule has 0 fully saturated rings. The quantitative estimate of drug-likeness (QED) is 0.758. The third-order valence-electron chi connectivity index (χ3n) is 2.88. The summed E-state index contributed by atoms with van der Waals surface area (Å²) in [7, 11) is 0. The lowest BCUT2D eigenvalue weighted by molar-refractivity contribution is 0.0607. The fraction of sp³-hybridized carbons (Fsp3) is 0.333. The van der Waals surface area contributed by atoms with Crippen LogP contribution >= 0.6 is 0 Å². The van der Waals surface area contributed by atoms with Crippen LogP contribution in [0.15, 0.2) is 6.07 Å². The average Bonchev–Trinajstić information content (AvgIpc) is 2.48. The minimum absolute atomic E-state index is 0.0180. The molecule has 0 spiro atoms. The van der Waals surface area contributed by atoms with Crippen LogP contribution in [0.5, 0.6) is 5.75 Å². The number of hydrogen-bond acceptors (Lipinski definition) is 3. The average molecular weight is 237 g/mol. The first-order valence-electron chi connectivity index (χ1n) is 5.26. The molecule has 2 rings (SSSR count). The van der Waals surface area contributed by atoms with Crippen LogP contribution in [-0.4, -0.2) is 27.9 Å². The zero-order chi connectivity index (χ0) is 12.9. The first kappa shape index (κ1) is 11.6. The number of fused-ring (bicyclic) bond motifs is 1. The molecule has 1 aliphatic rings. The van der Waals surface area contributed by atoms with E-state index in [-0.39, 0.29) is 28.5 Å². The van der Waals surface area contributed by atoms with Crippen molar-refractivity contribution in [3.8, 4) is 5.75 Å². The Bertz CT molecular complexity index is 537. The van der Waals surface area contributed by atoms with Crippen molar-refractivity contribution in [2.75, 3.05) is 0 Å². The van der Waals surface area contributed by atoms with Crippen LogP contribution in [-0.2, 0) is 0 Å². The number of carbonyl (C=O) groups excluding carboxylic acids is 2. The number of phenolic OH excluding ortho intramolecular Hbond substituents is 1. The Morgan fingerprint density at radius 3 is 2.41 bits per heavy atom. The van der Waals surface area contributed by atoms with Gasteiger partial charge in [0.25, 0.3) is 11.8 Å². The van der Waals surface area contributed by atoms with E-state index in [1.165, 1.54) is 6.92 Å². The molecule has 2 amide bonds. The maximum Gasteiger partial charge on any atom is 0.264 e. The van der Waals surface area contributed by atoms with Crippen LogP contribution in [0.2, 0.25) is 0 Å². The highest BCUT2D eigenvalue weighted by atomic mass is 19.1. The first-order valence-corrected chi connectivity index (χ1v) is 5.26. The molecule has 0 bridgehead atoms. The standard InChI is InChI=1S/C12H12FNO3/c1-5(2)14-11(16)7-4-8(15)6(3)10(13)9(7)12(14)17/h4-5,15H,1-3H3. The first-order chi connectivity index (χ1) is 7.86. The lowest BCUT2D eigenvalue weighted by Gasteiger charge is -2.17. The number of hydrogen-bond donors (Lipinski definition) is 1. The van der Waals surface area contributed by atoms with E-state index in [2.05, 4.69) is 0 Å². The van der Waals surface area contributed by atoms with Gasteiger partial charge in [-0.2, -0.15) is 0 Å². The Hall–Kier alpha value is -1.91. The molecule has 5 heteroatoms. The third kappa shape index (κ3) is 1.42. The second-order valence-electron chi connectivity index (χ2n) is 4.33. The molecule has 1 heterocycles. The molecule has 4 nitrogen and oxygen atoms in total. The molecule has 0 saturated carbocycles. The summed E-state index contributed by atoms with van der Waals surface area (Å²) in [6.45, 7) is 4.71. The van der Waals surface area contributed by atoms with Gasteiger partial charge in [-0.05, 0) is 26.8 Å². The number of halogens is 1. The number of carbonyl (C=O) groups is 2. The van der Waals surface area contributed by atoms with Crippen molar-refractivity contribution in [3.63, 3.8) is 0 Å². The van der Waals surface area contributed by atoms with Crippen molar-refractivity contribution >= 4 is 11.8 Å². The van der Waals surface area contributed by atoms with E-state index < -0.39 is 17.6 Å². The molecule has 0 atom stereocenters. The van der Waals surface area contributed by atoms with Crippen molar-refractivity contribution < 1.29 is 19.1 Å². The van der Waals surface area contributed by atoms with E-state index in [1.54, 1.807) is 13.8 Å². The molecule has 0 saturated heterocycles. The smallest absolute Gasteiger partial charge is 0.264 e. The van der Waals surface area contributed by atoms with Gasteiger partial charge in [-0.15, -0.1) is 0 Å². The van der Waals surface area contributed by atoms with E-state index in [0.29, 0.717) is 0 Å². The molecule has 1 aromatic rings. The predicted octanol–water partition coefficient (Wildman–Crippen LogP) is 1.84. The summed E-state index contributed by atoms with van der Waals surface area (Å²) in [4.78, 5) is 24.8. The van der Waals surface area contributed by atoms with E-state index in [0.717, 1.165) is 11.0 Å². The van der Waals surface area contributed by atoms with Gasteiger partial charge in [0.15, 0.2) is 0 Å². The van der Waals surface area contributed by atoms with Gasteiger partial charge in [0.2, 0.25) is 0 Å². The van der Waals surface area contributed by atoms with E-state index in [1.807, 2.05) is 0 Å². The van der Waals surface area contributed by atoms with Crippen molar-refractivity contribution in [3.05, 3.63) is 28.6 Å². The molecule has 90 valence electrons. The van der Waals surface area contributed by atoms with Crippen LogP contribution in [0.1, 0.15) is 40.1 Å². The van der Waals surface area contributed by atoms with Crippen molar-refractivity contribution in [2.24, 2.45) is 0 Å². The summed E-state index contributed by atoms with van der Waals surface area (Å²) in [5.41, 5.74) is -0.321. The normalized spacial score (nSPS) is 14.8. The van der Waals surface area contributed by atoms with Crippen molar-refractivity contribution in [1.29, 1.82) is 0 Å². The van der Waals surface area contributed by atoms with Gasteiger partial charge < -0.3 is 5.11 Å². The fourth-order valence-corrected chi connectivity index (χ4v) is 1.92. The second kappa shape index (κ2) is 3.55. The molecule has 0 radical (unpaired) electrons. The SMILES string of the molecule is Cc1c(O)cc2c(c1F)C(=O)N(C(C)C)C2=O. The van der Waals surface area contributed by atoms with Gasteiger partial charge in [-0.1, -0.05) is 0 Å². The highest BCUT2D eigenvalue weighted by Gasteiger charge is 2.40. The molecular formula is C12H12FNO3. The number of phenols is 1. The number of aromatic hydroxyl groups is 1. The van der Waals surface area contributed by atoms with Gasteiger partial charge in [0.05, 0.1) is 11.1 Å². The number of imide groups is 1. The summed E-state index contributed by atoms with van der Waals surface area (Å²) in [6.07, 6.45) is 0. The Morgan fingerprint density at radius 2 is 1.88 bits per heavy atom. The molecule has 17 heavy (non-hydrogen) atoms. The fourth-order valence-electron chi connectivity index (χ4n) is 1.92. The van der Waals surface area contributed by atoms with Crippen LogP contribution in [0, 0.1) is 12.7 Å². The maximum atomic E-state index is 13.9. The van der Waals surface area contributed by atoms with E-state index in [4.69, 9.17) is 0 Å². The molecule has 0 aliphatic carbocycles. The highest BCUT2D eigenvalue weighted by Crippen LogP contribution is 2.33. The Kier molecular flexibility index (Phi) is 2.41. The summed E-state index contributed by atoms with van der Waals surface area (Å²) in [5, 5.41) is 9.47. The lowest BCUT2D eigenvalue weighted by atomic mass is 10.0. The van der Waals surface area contributed by atoms with Crippen LogP contribution in [0.25, 0.3) is 0 Å². The van der Waals surface area contributed by atoms with Gasteiger partial charge in [-0.3, -0.25) is 14.5 Å². The molecular weight excluding hydrogens is 225 g/mol. The zero-order valence-corrected chi connectivity index (χ0v) is 9.74. The number of rotatable bonds is 1. The Balaban J connectivity index is 2.70. The van der Waals surface area contributed by atoms with Gasteiger partial charge in [-0.25, -0.2) is 4.39 Å². The zero-order valence-electron chi connectivity index (χ0n) is 9.74. The van der Waals surface area contributed by atoms with Gasteiger partial charge in [0.1, 0.15) is 11.6 Å². The largest absolute Gasteiger partial charge is 0.508 e. The minimum Gasteiger partial charge on any atom is -0.508 e. The predicted molar refractivity (Wildman–Crippen MR) is 58.4 cm³/mol.